The van der Waals surface area contributed by atoms with E-state index in [1.54, 1.807) is 18.5 Å². The molecule has 1 atom stereocenters. The number of rotatable bonds is 7. The highest BCUT2D eigenvalue weighted by atomic mass is 19.1. The highest BCUT2D eigenvalue weighted by Gasteiger charge is 2.30. The average molecular weight is 461 g/mol. The van der Waals surface area contributed by atoms with Gasteiger partial charge in [-0.1, -0.05) is 17.3 Å². The van der Waals surface area contributed by atoms with Gasteiger partial charge in [0.05, 0.1) is 17.1 Å². The zero-order valence-corrected chi connectivity index (χ0v) is 19.4. The summed E-state index contributed by atoms with van der Waals surface area (Å²) in [5.74, 6) is 0.0133. The van der Waals surface area contributed by atoms with Crippen LogP contribution in [0.15, 0.2) is 47.9 Å². The van der Waals surface area contributed by atoms with Crippen LogP contribution in [-0.2, 0) is 11.3 Å². The molecule has 7 nitrogen and oxygen atoms in total. The Bertz CT molecular complexity index is 1200. The number of nitrogens with zero attached hydrogens (tertiary/aromatic N) is 5. The smallest absolute Gasteiger partial charge is 0.220 e. The first-order valence-corrected chi connectivity index (χ1v) is 11.8. The van der Waals surface area contributed by atoms with E-state index in [1.807, 2.05) is 25.1 Å². The van der Waals surface area contributed by atoms with E-state index >= 15 is 0 Å². The molecule has 5 rings (SSSR count). The molecule has 2 aliphatic rings. The standard InChI is InChI=1S/C26H29FN6O/c1-17-25-23(31-26(28)30-17)13-19(14-24(25)32-34-12-4-11-33-9-3-10-33)21-7-6-20(27)15-22(21)18-5-2-8-29-16-18/h2,5-8,15-16,19H,3-4,9-14H2,1H3,(H2,28,30,31)/b32-24+. The Labute approximate surface area is 198 Å². The van der Waals surface area contributed by atoms with E-state index in [1.165, 1.54) is 25.6 Å². The molecule has 0 saturated carbocycles. The van der Waals surface area contributed by atoms with E-state index < -0.39 is 0 Å². The molecule has 8 heteroatoms. The van der Waals surface area contributed by atoms with E-state index in [0.29, 0.717) is 19.4 Å². The van der Waals surface area contributed by atoms with E-state index in [9.17, 15) is 4.39 Å². The molecule has 3 aromatic rings. The number of aryl methyl sites for hydroxylation is 1. The molecule has 34 heavy (non-hydrogen) atoms. The van der Waals surface area contributed by atoms with Gasteiger partial charge in [-0.2, -0.15) is 0 Å². The topological polar surface area (TPSA) is 89.5 Å². The van der Waals surface area contributed by atoms with Gasteiger partial charge in [-0.25, -0.2) is 14.4 Å². The summed E-state index contributed by atoms with van der Waals surface area (Å²) >= 11 is 0. The van der Waals surface area contributed by atoms with Crippen molar-refractivity contribution in [2.24, 2.45) is 5.16 Å². The van der Waals surface area contributed by atoms with Crippen molar-refractivity contribution in [2.45, 2.75) is 38.5 Å². The van der Waals surface area contributed by atoms with E-state index in [-0.39, 0.29) is 17.7 Å². The highest BCUT2D eigenvalue weighted by Crippen LogP contribution is 2.38. The maximum atomic E-state index is 14.2. The van der Waals surface area contributed by atoms with Crippen molar-refractivity contribution < 1.29 is 9.23 Å². The molecule has 2 aromatic heterocycles. The van der Waals surface area contributed by atoms with Gasteiger partial charge in [0, 0.05) is 36.5 Å². The number of aromatic nitrogens is 3. The zero-order chi connectivity index (χ0) is 23.5. The fourth-order valence-corrected chi connectivity index (χ4v) is 4.86. The predicted molar refractivity (Wildman–Crippen MR) is 130 cm³/mol. The summed E-state index contributed by atoms with van der Waals surface area (Å²) < 4.78 is 14.2. The van der Waals surface area contributed by atoms with Gasteiger partial charge in [0.15, 0.2) is 0 Å². The van der Waals surface area contributed by atoms with Gasteiger partial charge < -0.3 is 15.5 Å². The maximum absolute atomic E-state index is 14.2. The van der Waals surface area contributed by atoms with Gasteiger partial charge in [-0.3, -0.25) is 4.98 Å². The summed E-state index contributed by atoms with van der Waals surface area (Å²) in [7, 11) is 0. The monoisotopic (exact) mass is 460 g/mol. The normalized spacial score (nSPS) is 19.0. The molecule has 0 radical (unpaired) electrons. The predicted octanol–water partition coefficient (Wildman–Crippen LogP) is 4.11. The van der Waals surface area contributed by atoms with Gasteiger partial charge in [0.1, 0.15) is 12.4 Å². The largest absolute Gasteiger partial charge is 0.396 e. The zero-order valence-electron chi connectivity index (χ0n) is 19.4. The number of likely N-dealkylation sites (tertiary alicyclic amines) is 1. The molecule has 2 N–H and O–H groups in total. The fourth-order valence-electron chi connectivity index (χ4n) is 4.86. The Hall–Kier alpha value is -3.39. The molecule has 1 fully saturated rings. The van der Waals surface area contributed by atoms with Crippen molar-refractivity contribution in [3.63, 3.8) is 0 Å². The number of fused-ring (bicyclic) bond motifs is 1. The molecule has 1 saturated heterocycles. The Morgan fingerprint density at radius 3 is 2.85 bits per heavy atom. The van der Waals surface area contributed by atoms with Crippen molar-refractivity contribution in [1.82, 2.24) is 19.9 Å². The summed E-state index contributed by atoms with van der Waals surface area (Å²) in [5, 5.41) is 4.54. The summed E-state index contributed by atoms with van der Waals surface area (Å²) in [4.78, 5) is 21.3. The SMILES string of the molecule is Cc1nc(N)nc2c1/C(=N/OCCCN1CCC1)CC(c1ccc(F)cc1-c1cccnc1)C2. The summed E-state index contributed by atoms with van der Waals surface area (Å²) in [6, 6.07) is 8.75. The van der Waals surface area contributed by atoms with E-state index in [4.69, 9.17) is 10.6 Å². The van der Waals surface area contributed by atoms with Crippen LogP contribution in [-0.4, -0.2) is 51.8 Å². The Kier molecular flexibility index (Phi) is 6.49. The number of hydrogen-bond acceptors (Lipinski definition) is 7. The lowest BCUT2D eigenvalue weighted by molar-refractivity contribution is 0.112. The van der Waals surface area contributed by atoms with Crippen LogP contribution >= 0.6 is 0 Å². The molecule has 0 bridgehead atoms. The van der Waals surface area contributed by atoms with Crippen LogP contribution in [0.1, 0.15) is 47.7 Å². The second kappa shape index (κ2) is 9.85. The van der Waals surface area contributed by atoms with Crippen molar-refractivity contribution in [3.05, 3.63) is 71.1 Å². The minimum atomic E-state index is -0.277. The van der Waals surface area contributed by atoms with E-state index in [0.717, 1.165) is 52.3 Å². The van der Waals surface area contributed by atoms with Gasteiger partial charge in [-0.15, -0.1) is 0 Å². The summed E-state index contributed by atoms with van der Waals surface area (Å²) in [6.07, 6.45) is 7.00. The maximum Gasteiger partial charge on any atom is 0.220 e. The Morgan fingerprint density at radius 2 is 2.09 bits per heavy atom. The molecular formula is C26H29FN6O. The summed E-state index contributed by atoms with van der Waals surface area (Å²) in [5.41, 5.74) is 12.1. The van der Waals surface area contributed by atoms with Gasteiger partial charge in [0.2, 0.25) is 5.95 Å². The van der Waals surface area contributed by atoms with Crippen LogP contribution in [0.25, 0.3) is 11.1 Å². The average Bonchev–Trinajstić information content (AvgIpc) is 2.80. The third kappa shape index (κ3) is 4.77. The second-order valence-corrected chi connectivity index (χ2v) is 8.99. The molecular weight excluding hydrogens is 431 g/mol. The number of hydrogen-bond donors (Lipinski definition) is 1. The van der Waals surface area contributed by atoms with Crippen molar-refractivity contribution in [3.8, 4) is 11.1 Å². The number of anilines is 1. The van der Waals surface area contributed by atoms with Crippen LogP contribution < -0.4 is 5.73 Å². The molecule has 1 aliphatic heterocycles. The van der Waals surface area contributed by atoms with Crippen LogP contribution in [0.5, 0.6) is 0 Å². The minimum absolute atomic E-state index is 0.0421. The van der Waals surface area contributed by atoms with E-state index in [2.05, 4.69) is 25.0 Å². The van der Waals surface area contributed by atoms with Crippen molar-refractivity contribution in [1.29, 1.82) is 0 Å². The third-order valence-electron chi connectivity index (χ3n) is 6.61. The highest BCUT2D eigenvalue weighted by molar-refractivity contribution is 6.03. The molecule has 1 unspecified atom stereocenters. The number of nitrogen functional groups attached to an aromatic ring is 1. The number of nitrogens with two attached hydrogens (primary N) is 1. The Morgan fingerprint density at radius 1 is 1.21 bits per heavy atom. The molecule has 176 valence electrons. The number of halogens is 1. The number of oxime groups is 1. The van der Waals surface area contributed by atoms with Gasteiger partial charge >= 0.3 is 0 Å². The lowest BCUT2D eigenvalue weighted by Crippen LogP contribution is -2.37. The van der Waals surface area contributed by atoms with Crippen LogP contribution in [0, 0.1) is 12.7 Å². The fraction of sp³-hybridized carbons (Fsp3) is 0.385. The van der Waals surface area contributed by atoms with Crippen LogP contribution in [0.3, 0.4) is 0 Å². The Balaban J connectivity index is 1.45. The van der Waals surface area contributed by atoms with Crippen LogP contribution in [0.4, 0.5) is 10.3 Å². The quantitative estimate of drug-likeness (QED) is 0.422. The molecule has 1 aliphatic carbocycles. The third-order valence-corrected chi connectivity index (χ3v) is 6.61. The number of pyridine rings is 1. The molecule has 0 spiro atoms. The molecule has 1 aromatic carbocycles. The first-order chi connectivity index (χ1) is 16.6. The molecule has 0 amide bonds. The first kappa shape index (κ1) is 22.4. The number of benzene rings is 1. The summed E-state index contributed by atoms with van der Waals surface area (Å²) in [6.45, 7) is 5.88. The lowest BCUT2D eigenvalue weighted by atomic mass is 9.78. The first-order valence-electron chi connectivity index (χ1n) is 11.8. The van der Waals surface area contributed by atoms with Gasteiger partial charge in [-0.05, 0) is 74.5 Å². The second-order valence-electron chi connectivity index (χ2n) is 8.99. The minimum Gasteiger partial charge on any atom is -0.396 e. The molecule has 3 heterocycles. The van der Waals surface area contributed by atoms with Crippen molar-refractivity contribution in [2.75, 3.05) is 32.0 Å². The lowest BCUT2D eigenvalue weighted by Gasteiger charge is -2.30. The van der Waals surface area contributed by atoms with Gasteiger partial charge in [0.25, 0.3) is 0 Å². The van der Waals surface area contributed by atoms with Crippen molar-refractivity contribution >= 4 is 11.7 Å². The van der Waals surface area contributed by atoms with Crippen LogP contribution in [0.2, 0.25) is 0 Å².